The number of benzene rings is 1. The number of rotatable bonds is 13. The number of aliphatic hydroxyl groups is 3. The van der Waals surface area contributed by atoms with Gasteiger partial charge < -0.3 is 39.8 Å². The lowest BCUT2D eigenvalue weighted by Crippen LogP contribution is -2.56. The predicted octanol–water partition coefficient (Wildman–Crippen LogP) is 1.44. The van der Waals surface area contributed by atoms with Crippen molar-refractivity contribution in [2.75, 3.05) is 26.8 Å². The Morgan fingerprint density at radius 1 is 1.18 bits per heavy atom. The molecule has 0 saturated carbocycles. The van der Waals surface area contributed by atoms with Crippen molar-refractivity contribution in [2.45, 2.75) is 77.2 Å². The predicted molar refractivity (Wildman–Crippen MR) is 140 cm³/mol. The summed E-state index contributed by atoms with van der Waals surface area (Å²) in [5, 5.41) is 33.3. The second kappa shape index (κ2) is 13.2. The summed E-state index contributed by atoms with van der Waals surface area (Å²) in [6.45, 7) is 5.47. The number of amides is 2. The highest BCUT2D eigenvalue weighted by molar-refractivity contribution is 5.96. The van der Waals surface area contributed by atoms with Gasteiger partial charge in [0, 0.05) is 37.1 Å². The molecule has 0 saturated heterocycles. The lowest BCUT2D eigenvalue weighted by Gasteiger charge is -2.41. The monoisotopic (exact) mass is 532 g/mol. The van der Waals surface area contributed by atoms with E-state index in [-0.39, 0.29) is 44.3 Å². The number of nitrogens with one attached hydrogen (secondary N) is 1. The Morgan fingerprint density at radius 3 is 2.53 bits per heavy atom. The SMILES string of the molecule is COc1cc(CO)cc2c1OC1C2C(C(=O)NCCO)=CC(N(CCC(C)C)C(=O)CCCC(C)=O)C1O. The molecule has 2 amide bonds. The van der Waals surface area contributed by atoms with Gasteiger partial charge in [0.25, 0.3) is 0 Å². The van der Waals surface area contributed by atoms with Crippen molar-refractivity contribution >= 4 is 17.6 Å². The fourth-order valence-corrected chi connectivity index (χ4v) is 5.09. The van der Waals surface area contributed by atoms with Gasteiger partial charge in [0.05, 0.1) is 32.3 Å². The van der Waals surface area contributed by atoms with Crippen LogP contribution in [-0.2, 0) is 21.0 Å². The van der Waals surface area contributed by atoms with Crippen molar-refractivity contribution in [1.82, 2.24) is 10.2 Å². The third-order valence-corrected chi connectivity index (χ3v) is 7.04. The topological polar surface area (TPSA) is 146 Å². The highest BCUT2D eigenvalue weighted by atomic mass is 16.5. The quantitative estimate of drug-likeness (QED) is 0.299. The second-order valence-corrected chi connectivity index (χ2v) is 10.3. The van der Waals surface area contributed by atoms with Crippen LogP contribution >= 0.6 is 0 Å². The maximum Gasteiger partial charge on any atom is 0.247 e. The standard InChI is InChI=1S/C28H40N2O8/c1-16(2)8-10-30(23(34)7-5-6-17(3)33)21-14-20(28(36)29-9-11-31)24-19-12-18(15-32)13-22(37-4)26(19)38-27(24)25(21)35/h12-14,16,21,24-25,27,31-32,35H,5-11,15H2,1-4H3,(H,29,36). The average molecular weight is 533 g/mol. The molecule has 1 aliphatic carbocycles. The van der Waals surface area contributed by atoms with E-state index in [1.54, 1.807) is 23.1 Å². The minimum atomic E-state index is -1.16. The number of Topliss-reactive ketones (excluding diaryl/α,β-unsaturated/α-hetero) is 1. The van der Waals surface area contributed by atoms with Crippen molar-refractivity contribution in [2.24, 2.45) is 5.92 Å². The van der Waals surface area contributed by atoms with Crippen molar-refractivity contribution in [3.63, 3.8) is 0 Å². The van der Waals surface area contributed by atoms with Crippen LogP contribution in [0, 0.1) is 5.92 Å². The van der Waals surface area contributed by atoms with Crippen LogP contribution in [-0.4, -0.2) is 82.9 Å². The van der Waals surface area contributed by atoms with Gasteiger partial charge in [0.1, 0.15) is 18.0 Å². The smallest absolute Gasteiger partial charge is 0.247 e. The first-order valence-corrected chi connectivity index (χ1v) is 13.2. The first kappa shape index (κ1) is 29.6. The van der Waals surface area contributed by atoms with Gasteiger partial charge in [0.15, 0.2) is 11.5 Å². The van der Waals surface area contributed by atoms with E-state index in [4.69, 9.17) is 9.47 Å². The summed E-state index contributed by atoms with van der Waals surface area (Å²) in [4.78, 5) is 39.7. The largest absolute Gasteiger partial charge is 0.493 e. The zero-order valence-corrected chi connectivity index (χ0v) is 22.6. The molecule has 1 aromatic carbocycles. The molecular formula is C28H40N2O8. The molecule has 0 spiro atoms. The van der Waals surface area contributed by atoms with Crippen LogP contribution in [0.25, 0.3) is 0 Å². The van der Waals surface area contributed by atoms with Crippen LogP contribution in [0.4, 0.5) is 0 Å². The summed E-state index contributed by atoms with van der Waals surface area (Å²) < 4.78 is 11.7. The second-order valence-electron chi connectivity index (χ2n) is 10.3. The summed E-state index contributed by atoms with van der Waals surface area (Å²) in [7, 11) is 1.47. The maximum atomic E-state index is 13.4. The van der Waals surface area contributed by atoms with Gasteiger partial charge in [-0.15, -0.1) is 0 Å². The molecule has 38 heavy (non-hydrogen) atoms. The van der Waals surface area contributed by atoms with Crippen LogP contribution in [0.2, 0.25) is 0 Å². The number of nitrogens with zero attached hydrogens (tertiary/aromatic N) is 1. The number of hydrogen-bond donors (Lipinski definition) is 4. The van der Waals surface area contributed by atoms with Gasteiger partial charge in [-0.1, -0.05) is 13.8 Å². The zero-order valence-electron chi connectivity index (χ0n) is 22.6. The number of methoxy groups -OCH3 is 1. The molecule has 0 aromatic heterocycles. The van der Waals surface area contributed by atoms with Crippen molar-refractivity contribution in [3.8, 4) is 11.5 Å². The van der Waals surface area contributed by atoms with Gasteiger partial charge in [-0.25, -0.2) is 0 Å². The molecule has 0 radical (unpaired) electrons. The number of carbonyl (C=O) groups is 3. The third kappa shape index (κ3) is 6.54. The van der Waals surface area contributed by atoms with Gasteiger partial charge >= 0.3 is 0 Å². The number of hydrogen-bond acceptors (Lipinski definition) is 8. The minimum Gasteiger partial charge on any atom is -0.493 e. The Labute approximate surface area is 223 Å². The molecule has 1 aromatic rings. The third-order valence-electron chi connectivity index (χ3n) is 7.04. The van der Waals surface area contributed by atoms with Gasteiger partial charge in [-0.3, -0.25) is 9.59 Å². The molecule has 0 bridgehead atoms. The molecule has 1 heterocycles. The van der Waals surface area contributed by atoms with Crippen LogP contribution in [0.3, 0.4) is 0 Å². The van der Waals surface area contributed by atoms with Crippen molar-refractivity contribution in [1.29, 1.82) is 0 Å². The van der Waals surface area contributed by atoms with Crippen LogP contribution in [0.15, 0.2) is 23.8 Å². The molecule has 4 atom stereocenters. The summed E-state index contributed by atoms with van der Waals surface area (Å²) in [5.41, 5.74) is 1.47. The molecule has 4 unspecified atom stereocenters. The lowest BCUT2D eigenvalue weighted by atomic mass is 9.77. The molecule has 1 aliphatic heterocycles. The maximum absolute atomic E-state index is 13.4. The normalized spacial score (nSPS) is 21.7. The lowest BCUT2D eigenvalue weighted by molar-refractivity contribution is -0.137. The number of ketones is 1. The van der Waals surface area contributed by atoms with E-state index in [1.807, 2.05) is 13.8 Å². The number of carbonyl (C=O) groups excluding carboxylic acids is 3. The Morgan fingerprint density at radius 2 is 1.92 bits per heavy atom. The summed E-state index contributed by atoms with van der Waals surface area (Å²) in [6.07, 6.45) is 1.10. The fourth-order valence-electron chi connectivity index (χ4n) is 5.09. The van der Waals surface area contributed by atoms with Gasteiger partial charge in [0.2, 0.25) is 11.8 Å². The van der Waals surface area contributed by atoms with E-state index in [1.165, 1.54) is 14.0 Å². The van der Waals surface area contributed by atoms with Crippen LogP contribution < -0.4 is 14.8 Å². The Balaban J connectivity index is 2.06. The molecule has 4 N–H and O–H groups in total. The molecule has 3 rings (SSSR count). The summed E-state index contributed by atoms with van der Waals surface area (Å²) in [5.74, 6) is -0.280. The Kier molecular flexibility index (Phi) is 10.3. The molecule has 210 valence electrons. The van der Waals surface area contributed by atoms with E-state index < -0.39 is 30.1 Å². The number of aliphatic hydroxyl groups excluding tert-OH is 3. The number of fused-ring (bicyclic) bond motifs is 3. The minimum absolute atomic E-state index is 0.00289. The molecular weight excluding hydrogens is 492 g/mol. The van der Waals surface area contributed by atoms with Crippen LogP contribution in [0.1, 0.15) is 63.5 Å². The van der Waals surface area contributed by atoms with E-state index in [0.717, 1.165) is 0 Å². The first-order chi connectivity index (χ1) is 18.1. The highest BCUT2D eigenvalue weighted by Crippen LogP contribution is 2.51. The van der Waals surface area contributed by atoms with Gasteiger partial charge in [-0.05, 0) is 49.5 Å². The zero-order chi connectivity index (χ0) is 28.0. The van der Waals surface area contributed by atoms with Crippen molar-refractivity contribution in [3.05, 3.63) is 34.9 Å². The van der Waals surface area contributed by atoms with Crippen LogP contribution in [0.5, 0.6) is 11.5 Å². The first-order valence-electron chi connectivity index (χ1n) is 13.2. The molecule has 10 heteroatoms. The average Bonchev–Trinajstić information content (AvgIpc) is 3.27. The highest BCUT2D eigenvalue weighted by Gasteiger charge is 2.51. The van der Waals surface area contributed by atoms with E-state index >= 15 is 0 Å². The van der Waals surface area contributed by atoms with E-state index in [9.17, 15) is 29.7 Å². The Hall–Kier alpha value is -2.95. The molecule has 2 aliphatic rings. The van der Waals surface area contributed by atoms with E-state index in [0.29, 0.717) is 53.5 Å². The van der Waals surface area contributed by atoms with Crippen molar-refractivity contribution < 1.29 is 39.2 Å². The van der Waals surface area contributed by atoms with E-state index in [2.05, 4.69) is 5.32 Å². The number of ether oxygens (including phenoxy) is 2. The summed E-state index contributed by atoms with van der Waals surface area (Å²) in [6, 6.07) is 2.53. The Bertz CT molecular complexity index is 1050. The summed E-state index contributed by atoms with van der Waals surface area (Å²) >= 11 is 0. The molecule has 0 fully saturated rings. The van der Waals surface area contributed by atoms with Gasteiger partial charge in [-0.2, -0.15) is 0 Å². The fraction of sp³-hybridized carbons (Fsp3) is 0.607. The molecule has 10 nitrogen and oxygen atoms in total.